The van der Waals surface area contributed by atoms with Crippen molar-refractivity contribution in [3.8, 4) is 0 Å². The molecule has 26 heavy (non-hydrogen) atoms. The van der Waals surface area contributed by atoms with E-state index >= 15 is 0 Å². The monoisotopic (exact) mass is 360 g/mol. The molecule has 0 bridgehead atoms. The van der Waals surface area contributed by atoms with Crippen molar-refractivity contribution in [2.24, 2.45) is 11.8 Å². The van der Waals surface area contributed by atoms with Gasteiger partial charge in [0.05, 0.1) is 0 Å². The van der Waals surface area contributed by atoms with Crippen molar-refractivity contribution >= 4 is 23.5 Å². The first kappa shape index (κ1) is 19.9. The number of rotatable bonds is 7. The van der Waals surface area contributed by atoms with E-state index in [1.165, 1.54) is 6.42 Å². The van der Waals surface area contributed by atoms with Gasteiger partial charge in [0, 0.05) is 17.2 Å². The van der Waals surface area contributed by atoms with Gasteiger partial charge in [-0.05, 0) is 43.4 Å². The summed E-state index contributed by atoms with van der Waals surface area (Å²) in [6, 6.07) is 5.69. The number of aliphatic carboxylic acids is 1. The first-order chi connectivity index (χ1) is 12.4. The molecule has 0 saturated heterocycles. The largest absolute Gasteiger partial charge is 0.480 e. The molecule has 142 valence electrons. The molecule has 0 aliphatic heterocycles. The molecule has 1 fully saturated rings. The molecule has 1 atom stereocenters. The van der Waals surface area contributed by atoms with Gasteiger partial charge in [0.15, 0.2) is 0 Å². The molecule has 0 unspecified atom stereocenters. The van der Waals surface area contributed by atoms with Gasteiger partial charge in [-0.2, -0.15) is 0 Å². The van der Waals surface area contributed by atoms with Crippen molar-refractivity contribution in [2.75, 3.05) is 5.32 Å². The van der Waals surface area contributed by atoms with Crippen molar-refractivity contribution in [1.82, 2.24) is 5.32 Å². The standard InChI is InChI=1S/C20H28N2O4/c1-13(2)11-17(20(25)26)22-19(24)15-9-6-10-16(12-15)21-18(23)14-7-4-3-5-8-14/h6,9-10,12-14,17H,3-5,7-8,11H2,1-2H3,(H,21,23)(H,22,24)(H,25,26)/t17-/m1/s1. The lowest BCUT2D eigenvalue weighted by Crippen LogP contribution is -2.41. The molecule has 0 radical (unpaired) electrons. The van der Waals surface area contributed by atoms with E-state index in [9.17, 15) is 19.5 Å². The molecule has 2 amide bonds. The molecule has 1 aliphatic carbocycles. The molecular weight excluding hydrogens is 332 g/mol. The zero-order chi connectivity index (χ0) is 19.1. The highest BCUT2D eigenvalue weighted by Crippen LogP contribution is 2.25. The predicted molar refractivity (Wildman–Crippen MR) is 100.0 cm³/mol. The molecule has 6 heteroatoms. The van der Waals surface area contributed by atoms with Gasteiger partial charge in [-0.25, -0.2) is 4.79 Å². The molecule has 1 aromatic rings. The molecule has 2 rings (SSSR count). The molecule has 1 aromatic carbocycles. The van der Waals surface area contributed by atoms with Gasteiger partial charge in [0.1, 0.15) is 6.04 Å². The number of carbonyl (C=O) groups is 3. The van der Waals surface area contributed by atoms with Crippen LogP contribution in [0.1, 0.15) is 62.7 Å². The number of carboxylic acids is 1. The Morgan fingerprint density at radius 2 is 1.85 bits per heavy atom. The number of hydrogen-bond acceptors (Lipinski definition) is 3. The summed E-state index contributed by atoms with van der Waals surface area (Å²) in [7, 11) is 0. The fourth-order valence-electron chi connectivity index (χ4n) is 3.28. The minimum atomic E-state index is -1.05. The molecule has 3 N–H and O–H groups in total. The number of benzene rings is 1. The van der Waals surface area contributed by atoms with Crippen LogP contribution in [0.4, 0.5) is 5.69 Å². The van der Waals surface area contributed by atoms with Crippen molar-refractivity contribution in [2.45, 2.75) is 58.4 Å². The van der Waals surface area contributed by atoms with Crippen LogP contribution < -0.4 is 10.6 Å². The maximum absolute atomic E-state index is 12.4. The van der Waals surface area contributed by atoms with Crippen LogP contribution in [0.15, 0.2) is 24.3 Å². The number of carbonyl (C=O) groups excluding carboxylic acids is 2. The number of nitrogens with one attached hydrogen (secondary N) is 2. The Balaban J connectivity index is 2.01. The van der Waals surface area contributed by atoms with E-state index in [4.69, 9.17) is 0 Å². The van der Waals surface area contributed by atoms with Crippen LogP contribution in [0.2, 0.25) is 0 Å². The maximum Gasteiger partial charge on any atom is 0.326 e. The predicted octanol–water partition coefficient (Wildman–Crippen LogP) is 3.43. The van der Waals surface area contributed by atoms with Crippen molar-refractivity contribution in [3.63, 3.8) is 0 Å². The summed E-state index contributed by atoms with van der Waals surface area (Å²) in [5.41, 5.74) is 0.894. The van der Waals surface area contributed by atoms with Crippen molar-refractivity contribution < 1.29 is 19.5 Å². The fraction of sp³-hybridized carbons (Fsp3) is 0.550. The lowest BCUT2D eigenvalue weighted by atomic mass is 9.88. The minimum absolute atomic E-state index is 0.00882. The van der Waals surface area contributed by atoms with E-state index in [1.54, 1.807) is 24.3 Å². The van der Waals surface area contributed by atoms with Gasteiger partial charge >= 0.3 is 5.97 Å². The SMILES string of the molecule is CC(C)C[C@@H](NC(=O)c1cccc(NC(=O)C2CCCCC2)c1)C(=O)O. The van der Waals surface area contributed by atoms with Crippen molar-refractivity contribution in [3.05, 3.63) is 29.8 Å². The first-order valence-corrected chi connectivity index (χ1v) is 9.31. The molecule has 6 nitrogen and oxygen atoms in total. The third kappa shape index (κ3) is 5.86. The minimum Gasteiger partial charge on any atom is -0.480 e. The Morgan fingerprint density at radius 3 is 2.46 bits per heavy atom. The second kappa shape index (κ2) is 9.36. The van der Waals surface area contributed by atoms with Crippen LogP contribution in [0.3, 0.4) is 0 Å². The first-order valence-electron chi connectivity index (χ1n) is 9.31. The van der Waals surface area contributed by atoms with Gasteiger partial charge in [-0.3, -0.25) is 9.59 Å². The number of hydrogen-bond donors (Lipinski definition) is 3. The highest BCUT2D eigenvalue weighted by Gasteiger charge is 2.23. The summed E-state index contributed by atoms with van der Waals surface area (Å²) in [4.78, 5) is 36.1. The Kier molecular flexibility index (Phi) is 7.18. The summed E-state index contributed by atoms with van der Waals surface area (Å²) < 4.78 is 0. The smallest absolute Gasteiger partial charge is 0.326 e. The van der Waals surface area contributed by atoms with Gasteiger partial charge in [0.2, 0.25) is 5.91 Å². The van der Waals surface area contributed by atoms with Crippen LogP contribution >= 0.6 is 0 Å². The third-order valence-corrected chi connectivity index (χ3v) is 4.68. The summed E-state index contributed by atoms with van der Waals surface area (Å²) in [5.74, 6) is -1.33. The molecular formula is C20H28N2O4. The van der Waals surface area contributed by atoms with Gasteiger partial charge in [-0.1, -0.05) is 39.2 Å². The Hall–Kier alpha value is -2.37. The van der Waals surface area contributed by atoms with Gasteiger partial charge in [-0.15, -0.1) is 0 Å². The average molecular weight is 360 g/mol. The van der Waals surface area contributed by atoms with Gasteiger partial charge < -0.3 is 15.7 Å². The van der Waals surface area contributed by atoms with Crippen LogP contribution in [0, 0.1) is 11.8 Å². The Labute approximate surface area is 154 Å². The van der Waals surface area contributed by atoms with Gasteiger partial charge in [0.25, 0.3) is 5.91 Å². The highest BCUT2D eigenvalue weighted by molar-refractivity contribution is 5.99. The van der Waals surface area contributed by atoms with E-state index in [0.29, 0.717) is 17.7 Å². The third-order valence-electron chi connectivity index (χ3n) is 4.68. The molecule has 1 aliphatic rings. The number of anilines is 1. The van der Waals surface area contributed by atoms with E-state index in [1.807, 2.05) is 13.8 Å². The van der Waals surface area contributed by atoms with Crippen molar-refractivity contribution in [1.29, 1.82) is 0 Å². The topological polar surface area (TPSA) is 95.5 Å². The zero-order valence-corrected chi connectivity index (χ0v) is 15.5. The van der Waals surface area contributed by atoms with E-state index in [2.05, 4.69) is 10.6 Å². The number of amides is 2. The normalized spacial score (nSPS) is 16.1. The quantitative estimate of drug-likeness (QED) is 0.694. The van der Waals surface area contributed by atoms with Crippen LogP contribution in [-0.2, 0) is 9.59 Å². The van der Waals surface area contributed by atoms with Crippen LogP contribution in [0.25, 0.3) is 0 Å². The molecule has 0 heterocycles. The summed E-state index contributed by atoms with van der Waals surface area (Å²) in [5, 5.41) is 14.7. The van der Waals surface area contributed by atoms with Crippen LogP contribution in [0.5, 0.6) is 0 Å². The number of carboxylic acid groups (broad SMARTS) is 1. The lowest BCUT2D eigenvalue weighted by molar-refractivity contribution is -0.139. The second-order valence-corrected chi connectivity index (χ2v) is 7.40. The highest BCUT2D eigenvalue weighted by atomic mass is 16.4. The zero-order valence-electron chi connectivity index (χ0n) is 15.5. The summed E-state index contributed by atoms with van der Waals surface area (Å²) in [6.07, 6.45) is 5.50. The van der Waals surface area contributed by atoms with E-state index in [-0.39, 0.29) is 17.7 Å². The average Bonchev–Trinajstić information content (AvgIpc) is 2.61. The summed E-state index contributed by atoms with van der Waals surface area (Å²) in [6.45, 7) is 3.81. The summed E-state index contributed by atoms with van der Waals surface area (Å²) >= 11 is 0. The van der Waals surface area contributed by atoms with E-state index in [0.717, 1.165) is 25.7 Å². The second-order valence-electron chi connectivity index (χ2n) is 7.40. The lowest BCUT2D eigenvalue weighted by Gasteiger charge is -2.21. The Morgan fingerprint density at radius 1 is 1.15 bits per heavy atom. The molecule has 1 saturated carbocycles. The van der Waals surface area contributed by atoms with Crippen LogP contribution in [-0.4, -0.2) is 28.9 Å². The Bertz CT molecular complexity index is 651. The molecule has 0 spiro atoms. The fourth-order valence-corrected chi connectivity index (χ4v) is 3.28. The molecule has 0 aromatic heterocycles. The maximum atomic E-state index is 12.4. The van der Waals surface area contributed by atoms with E-state index < -0.39 is 17.9 Å².